The highest BCUT2D eigenvalue weighted by atomic mass is 79.9. The van der Waals surface area contributed by atoms with Crippen molar-refractivity contribution in [3.63, 3.8) is 0 Å². The molecule has 0 amide bonds. The number of hydrogen-bond acceptors (Lipinski definition) is 2. The van der Waals surface area contributed by atoms with Crippen LogP contribution in [0.3, 0.4) is 0 Å². The lowest BCUT2D eigenvalue weighted by Crippen LogP contribution is -2.11. The minimum Gasteiger partial charge on any atom is -0.308 e. The molecular formula is C7H5BrN2O. The Labute approximate surface area is 72.0 Å². The lowest BCUT2D eigenvalue weighted by Gasteiger charge is -1.96. The summed E-state index contributed by atoms with van der Waals surface area (Å²) in [6, 6.07) is 0. The summed E-state index contributed by atoms with van der Waals surface area (Å²) in [6.45, 7) is 0. The summed E-state index contributed by atoms with van der Waals surface area (Å²) < 4.78 is 0.732. The molecule has 1 rings (SSSR count). The first kappa shape index (κ1) is 8.02. The van der Waals surface area contributed by atoms with E-state index in [2.05, 4.69) is 31.8 Å². The normalized spacial score (nSPS) is 9.09. The SMILES string of the molecule is C#CCc1[nH]c(=O)ncc1Br. The van der Waals surface area contributed by atoms with Gasteiger partial charge in [-0.1, -0.05) is 0 Å². The molecule has 56 valence electrons. The Hall–Kier alpha value is -1.08. The molecule has 0 unspecified atom stereocenters. The van der Waals surface area contributed by atoms with E-state index in [4.69, 9.17) is 6.42 Å². The van der Waals surface area contributed by atoms with E-state index >= 15 is 0 Å². The van der Waals surface area contributed by atoms with E-state index in [0.717, 1.165) is 4.47 Å². The summed E-state index contributed by atoms with van der Waals surface area (Å²) in [5, 5.41) is 0. The summed E-state index contributed by atoms with van der Waals surface area (Å²) in [6.07, 6.45) is 6.90. The monoisotopic (exact) mass is 212 g/mol. The van der Waals surface area contributed by atoms with E-state index in [-0.39, 0.29) is 5.69 Å². The zero-order valence-electron chi connectivity index (χ0n) is 5.60. The van der Waals surface area contributed by atoms with Crippen molar-refractivity contribution in [2.75, 3.05) is 0 Å². The number of H-pyrrole nitrogens is 1. The molecule has 0 bridgehead atoms. The maximum atomic E-state index is 10.7. The lowest BCUT2D eigenvalue weighted by molar-refractivity contribution is 0.986. The second-order valence-electron chi connectivity index (χ2n) is 1.90. The largest absolute Gasteiger partial charge is 0.345 e. The highest BCUT2D eigenvalue weighted by Gasteiger charge is 1.97. The third-order valence-electron chi connectivity index (χ3n) is 1.12. The number of rotatable bonds is 1. The maximum Gasteiger partial charge on any atom is 0.345 e. The third kappa shape index (κ3) is 1.92. The van der Waals surface area contributed by atoms with Crippen LogP contribution in [0.4, 0.5) is 0 Å². The van der Waals surface area contributed by atoms with Gasteiger partial charge in [0.05, 0.1) is 10.9 Å². The second-order valence-corrected chi connectivity index (χ2v) is 2.75. The zero-order chi connectivity index (χ0) is 8.27. The van der Waals surface area contributed by atoms with Gasteiger partial charge in [0.15, 0.2) is 0 Å². The fourth-order valence-corrected chi connectivity index (χ4v) is 0.987. The average molecular weight is 213 g/mol. The van der Waals surface area contributed by atoms with Gasteiger partial charge >= 0.3 is 5.69 Å². The van der Waals surface area contributed by atoms with Crippen molar-refractivity contribution < 1.29 is 0 Å². The van der Waals surface area contributed by atoms with Crippen LogP contribution in [0.25, 0.3) is 0 Å². The average Bonchev–Trinajstić information content (AvgIpc) is 1.98. The van der Waals surface area contributed by atoms with Gasteiger partial charge in [0.25, 0.3) is 0 Å². The van der Waals surface area contributed by atoms with Crippen LogP contribution in [-0.4, -0.2) is 9.97 Å². The van der Waals surface area contributed by atoms with Crippen LogP contribution < -0.4 is 5.69 Å². The topological polar surface area (TPSA) is 45.8 Å². The summed E-state index contributed by atoms with van der Waals surface area (Å²) in [5.74, 6) is 2.42. The molecule has 0 atom stereocenters. The Morgan fingerprint density at radius 3 is 3.18 bits per heavy atom. The number of nitrogens with one attached hydrogen (secondary N) is 1. The fourth-order valence-electron chi connectivity index (χ4n) is 0.645. The van der Waals surface area contributed by atoms with Crippen molar-refractivity contribution in [3.05, 3.63) is 26.8 Å². The maximum absolute atomic E-state index is 10.7. The van der Waals surface area contributed by atoms with Crippen LogP contribution in [0.5, 0.6) is 0 Å². The number of aromatic nitrogens is 2. The van der Waals surface area contributed by atoms with Gasteiger partial charge in [0, 0.05) is 11.9 Å². The van der Waals surface area contributed by atoms with Gasteiger partial charge in [-0.2, -0.15) is 0 Å². The first-order valence-corrected chi connectivity index (χ1v) is 3.70. The molecular weight excluding hydrogens is 208 g/mol. The quantitative estimate of drug-likeness (QED) is 0.698. The molecule has 3 nitrogen and oxygen atoms in total. The van der Waals surface area contributed by atoms with E-state index in [1.54, 1.807) is 0 Å². The summed E-state index contributed by atoms with van der Waals surface area (Å²) in [4.78, 5) is 16.7. The van der Waals surface area contributed by atoms with Gasteiger partial charge < -0.3 is 4.98 Å². The number of halogens is 1. The first-order chi connectivity index (χ1) is 5.24. The minimum atomic E-state index is -0.376. The van der Waals surface area contributed by atoms with Gasteiger partial charge in [-0.15, -0.1) is 12.3 Å². The highest BCUT2D eigenvalue weighted by molar-refractivity contribution is 9.10. The van der Waals surface area contributed by atoms with Gasteiger partial charge in [0.2, 0.25) is 0 Å². The molecule has 1 N–H and O–H groups in total. The van der Waals surface area contributed by atoms with Crippen LogP contribution >= 0.6 is 15.9 Å². The van der Waals surface area contributed by atoms with Crippen LogP contribution in [0.1, 0.15) is 5.69 Å². The molecule has 0 aliphatic heterocycles. The van der Waals surface area contributed by atoms with E-state index in [1.807, 2.05) is 0 Å². The van der Waals surface area contributed by atoms with Gasteiger partial charge in [0.1, 0.15) is 0 Å². The number of nitrogens with zero attached hydrogens (tertiary/aromatic N) is 1. The van der Waals surface area contributed by atoms with Crippen LogP contribution in [0.2, 0.25) is 0 Å². The van der Waals surface area contributed by atoms with E-state index in [1.165, 1.54) is 6.20 Å². The molecule has 0 saturated heterocycles. The highest BCUT2D eigenvalue weighted by Crippen LogP contribution is 2.10. The molecule has 1 heterocycles. The van der Waals surface area contributed by atoms with Crippen LogP contribution in [0, 0.1) is 12.3 Å². The molecule has 0 fully saturated rings. The first-order valence-electron chi connectivity index (χ1n) is 2.91. The summed E-state index contributed by atoms with van der Waals surface area (Å²) in [5.41, 5.74) is 0.311. The predicted molar refractivity (Wildman–Crippen MR) is 45.1 cm³/mol. The zero-order valence-corrected chi connectivity index (χ0v) is 7.18. The van der Waals surface area contributed by atoms with Crippen LogP contribution in [0.15, 0.2) is 15.5 Å². The third-order valence-corrected chi connectivity index (χ3v) is 1.80. The van der Waals surface area contributed by atoms with Crippen molar-refractivity contribution in [2.45, 2.75) is 6.42 Å². The second kappa shape index (κ2) is 3.35. The molecule has 1 aromatic rings. The number of aromatic amines is 1. The van der Waals surface area contributed by atoms with Crippen LogP contribution in [-0.2, 0) is 6.42 Å². The van der Waals surface area contributed by atoms with E-state index in [9.17, 15) is 4.79 Å². The molecule has 0 radical (unpaired) electrons. The van der Waals surface area contributed by atoms with E-state index in [0.29, 0.717) is 12.1 Å². The molecule has 1 aromatic heterocycles. The summed E-state index contributed by atoms with van der Waals surface area (Å²) in [7, 11) is 0. The molecule has 0 aliphatic rings. The standard InChI is InChI=1S/C7H5BrN2O/c1-2-3-6-5(8)4-9-7(11)10-6/h1,4H,3H2,(H,9,10,11). The Bertz CT molecular complexity index is 350. The molecule has 0 saturated carbocycles. The minimum absolute atomic E-state index is 0.376. The molecule has 11 heavy (non-hydrogen) atoms. The van der Waals surface area contributed by atoms with Gasteiger partial charge in [-0.05, 0) is 15.9 Å². The number of hydrogen-bond donors (Lipinski definition) is 1. The smallest absolute Gasteiger partial charge is 0.308 e. The van der Waals surface area contributed by atoms with Crippen molar-refractivity contribution in [3.8, 4) is 12.3 Å². The Morgan fingerprint density at radius 2 is 2.55 bits per heavy atom. The molecule has 0 aromatic carbocycles. The Balaban J connectivity index is 3.15. The Morgan fingerprint density at radius 1 is 1.82 bits per heavy atom. The number of terminal acetylenes is 1. The molecule has 0 spiro atoms. The van der Waals surface area contributed by atoms with Crippen molar-refractivity contribution in [1.82, 2.24) is 9.97 Å². The van der Waals surface area contributed by atoms with Crippen molar-refractivity contribution in [1.29, 1.82) is 0 Å². The molecule has 0 aliphatic carbocycles. The lowest BCUT2D eigenvalue weighted by atomic mass is 10.3. The fraction of sp³-hybridized carbons (Fsp3) is 0.143. The molecule has 4 heteroatoms. The van der Waals surface area contributed by atoms with E-state index < -0.39 is 0 Å². The van der Waals surface area contributed by atoms with Gasteiger partial charge in [-0.25, -0.2) is 9.78 Å². The van der Waals surface area contributed by atoms with Gasteiger partial charge in [-0.3, -0.25) is 0 Å². The van der Waals surface area contributed by atoms with Crippen molar-refractivity contribution in [2.24, 2.45) is 0 Å². The Kier molecular flexibility index (Phi) is 2.44. The summed E-state index contributed by atoms with van der Waals surface area (Å²) >= 11 is 3.20. The van der Waals surface area contributed by atoms with Crippen molar-refractivity contribution >= 4 is 15.9 Å². The predicted octanol–water partition coefficient (Wildman–Crippen LogP) is 0.708.